The van der Waals surface area contributed by atoms with Crippen molar-refractivity contribution < 1.29 is 22.8 Å². The highest BCUT2D eigenvalue weighted by molar-refractivity contribution is 5.92. The summed E-state index contributed by atoms with van der Waals surface area (Å²) in [5, 5.41) is 0. The minimum atomic E-state index is -0.959. The summed E-state index contributed by atoms with van der Waals surface area (Å²) in [5.74, 6) is -2.16. The molecule has 0 aliphatic rings. The normalized spacial score (nSPS) is 10.9. The Hall–Kier alpha value is -2.74. The molecule has 0 radical (unpaired) electrons. The van der Waals surface area contributed by atoms with E-state index in [9.17, 15) is 18.4 Å². The van der Waals surface area contributed by atoms with E-state index in [1.54, 1.807) is 12.1 Å². The van der Waals surface area contributed by atoms with E-state index in [2.05, 4.69) is 15.8 Å². The number of halogens is 2. The van der Waals surface area contributed by atoms with Gasteiger partial charge in [-0.1, -0.05) is 19.9 Å². The maximum atomic E-state index is 13.1. The first kappa shape index (κ1) is 20.6. The number of nitrogens with zero attached hydrogens (tertiary/aromatic N) is 1. The standard InChI is InChI=1S/C19H23F2N3O3/c1-3-24(4-2)12-14-7-9-17(27-14)19(26)23-22-18(25)10-6-13-5-8-15(20)16(21)11-13/h5,7-9,11H,3-4,6,10,12H2,1-2H3,(H,22,25)(H,23,26). The van der Waals surface area contributed by atoms with E-state index in [4.69, 9.17) is 4.42 Å². The number of carbonyl (C=O) groups excluding carboxylic acids is 2. The third kappa shape index (κ3) is 6.18. The van der Waals surface area contributed by atoms with Crippen molar-refractivity contribution in [3.63, 3.8) is 0 Å². The fraction of sp³-hybridized carbons (Fsp3) is 0.368. The van der Waals surface area contributed by atoms with Crippen molar-refractivity contribution in [1.29, 1.82) is 0 Å². The Morgan fingerprint density at radius 2 is 1.78 bits per heavy atom. The highest BCUT2D eigenvalue weighted by Gasteiger charge is 2.13. The van der Waals surface area contributed by atoms with Gasteiger partial charge in [0.25, 0.3) is 0 Å². The van der Waals surface area contributed by atoms with Crippen LogP contribution in [0.2, 0.25) is 0 Å². The van der Waals surface area contributed by atoms with E-state index >= 15 is 0 Å². The molecule has 1 aromatic heterocycles. The van der Waals surface area contributed by atoms with Crippen molar-refractivity contribution >= 4 is 11.8 Å². The first-order chi connectivity index (χ1) is 12.9. The van der Waals surface area contributed by atoms with E-state index in [1.165, 1.54) is 6.07 Å². The Labute approximate surface area is 156 Å². The second-order valence-corrected chi connectivity index (χ2v) is 5.98. The Kier molecular flexibility index (Phi) is 7.48. The summed E-state index contributed by atoms with van der Waals surface area (Å²) in [6, 6.07) is 6.73. The molecule has 8 heteroatoms. The third-order valence-corrected chi connectivity index (χ3v) is 4.10. The van der Waals surface area contributed by atoms with Crippen LogP contribution >= 0.6 is 0 Å². The van der Waals surface area contributed by atoms with Gasteiger partial charge in [-0.05, 0) is 49.3 Å². The number of carbonyl (C=O) groups is 2. The summed E-state index contributed by atoms with van der Waals surface area (Å²) in [5.41, 5.74) is 5.03. The summed E-state index contributed by atoms with van der Waals surface area (Å²) in [6.07, 6.45) is 0.227. The maximum Gasteiger partial charge on any atom is 0.305 e. The van der Waals surface area contributed by atoms with Crippen LogP contribution in [0.25, 0.3) is 0 Å². The molecular formula is C19H23F2N3O3. The van der Waals surface area contributed by atoms with Crippen LogP contribution in [-0.2, 0) is 17.8 Å². The average molecular weight is 379 g/mol. The Bertz CT molecular complexity index is 788. The zero-order valence-electron chi connectivity index (χ0n) is 15.4. The quantitative estimate of drug-likeness (QED) is 0.692. The molecule has 2 rings (SSSR count). The van der Waals surface area contributed by atoms with Crippen molar-refractivity contribution in [3.05, 3.63) is 59.1 Å². The number of hydrazine groups is 1. The molecule has 0 fully saturated rings. The van der Waals surface area contributed by atoms with Crippen LogP contribution in [-0.4, -0.2) is 29.8 Å². The number of benzene rings is 1. The molecule has 6 nitrogen and oxygen atoms in total. The van der Waals surface area contributed by atoms with Crippen LogP contribution in [0, 0.1) is 11.6 Å². The van der Waals surface area contributed by atoms with Crippen molar-refractivity contribution in [2.45, 2.75) is 33.2 Å². The summed E-state index contributed by atoms with van der Waals surface area (Å²) in [6.45, 7) is 6.41. The SMILES string of the molecule is CCN(CC)Cc1ccc(C(=O)NNC(=O)CCc2ccc(F)c(F)c2)o1. The van der Waals surface area contributed by atoms with Crippen molar-refractivity contribution in [2.24, 2.45) is 0 Å². The van der Waals surface area contributed by atoms with Gasteiger partial charge in [-0.15, -0.1) is 0 Å². The van der Waals surface area contributed by atoms with Crippen molar-refractivity contribution in [1.82, 2.24) is 15.8 Å². The van der Waals surface area contributed by atoms with Gasteiger partial charge in [0.1, 0.15) is 5.76 Å². The molecule has 146 valence electrons. The third-order valence-electron chi connectivity index (χ3n) is 4.10. The Balaban J connectivity index is 1.78. The number of rotatable bonds is 8. The fourth-order valence-electron chi connectivity index (χ4n) is 2.46. The monoisotopic (exact) mass is 379 g/mol. The van der Waals surface area contributed by atoms with Gasteiger partial charge in [0.05, 0.1) is 6.54 Å². The molecule has 1 aromatic carbocycles. The topological polar surface area (TPSA) is 74.6 Å². The number of amides is 2. The van der Waals surface area contributed by atoms with Crippen molar-refractivity contribution in [2.75, 3.05) is 13.1 Å². The van der Waals surface area contributed by atoms with Gasteiger partial charge in [-0.2, -0.15) is 0 Å². The van der Waals surface area contributed by atoms with Gasteiger partial charge >= 0.3 is 5.91 Å². The predicted octanol–water partition coefficient (Wildman–Crippen LogP) is 2.79. The molecule has 2 aromatic rings. The lowest BCUT2D eigenvalue weighted by molar-refractivity contribution is -0.121. The van der Waals surface area contributed by atoms with Crippen LogP contribution in [0.3, 0.4) is 0 Å². The molecule has 0 saturated heterocycles. The lowest BCUT2D eigenvalue weighted by atomic mass is 10.1. The number of hydrogen-bond donors (Lipinski definition) is 2. The number of hydrogen-bond acceptors (Lipinski definition) is 4. The van der Waals surface area contributed by atoms with Gasteiger partial charge in [-0.3, -0.25) is 25.3 Å². The van der Waals surface area contributed by atoms with Crippen molar-refractivity contribution in [3.8, 4) is 0 Å². The molecule has 0 spiro atoms. The molecule has 2 amide bonds. The van der Waals surface area contributed by atoms with Gasteiger partial charge in [0.2, 0.25) is 5.91 Å². The second-order valence-electron chi connectivity index (χ2n) is 5.98. The zero-order valence-corrected chi connectivity index (χ0v) is 15.4. The summed E-state index contributed by atoms with van der Waals surface area (Å²) in [7, 11) is 0. The highest BCUT2D eigenvalue weighted by Crippen LogP contribution is 2.11. The minimum Gasteiger partial charge on any atom is -0.454 e. The van der Waals surface area contributed by atoms with E-state index in [0.717, 1.165) is 25.2 Å². The molecule has 0 aliphatic carbocycles. The predicted molar refractivity (Wildman–Crippen MR) is 95.6 cm³/mol. The van der Waals surface area contributed by atoms with E-state index in [-0.39, 0.29) is 18.6 Å². The number of aryl methyl sites for hydroxylation is 1. The van der Waals surface area contributed by atoms with Gasteiger partial charge in [0.15, 0.2) is 17.4 Å². The van der Waals surface area contributed by atoms with E-state index in [0.29, 0.717) is 17.9 Å². The smallest absolute Gasteiger partial charge is 0.305 e. The van der Waals surface area contributed by atoms with E-state index in [1.807, 2.05) is 13.8 Å². The molecular weight excluding hydrogens is 356 g/mol. The van der Waals surface area contributed by atoms with Gasteiger partial charge < -0.3 is 4.42 Å². The zero-order chi connectivity index (χ0) is 19.8. The molecule has 1 heterocycles. The summed E-state index contributed by atoms with van der Waals surface area (Å²) < 4.78 is 31.5. The number of furan rings is 1. The molecule has 0 saturated carbocycles. The molecule has 0 unspecified atom stereocenters. The van der Waals surface area contributed by atoms with Gasteiger partial charge in [0, 0.05) is 6.42 Å². The molecule has 2 N–H and O–H groups in total. The molecule has 0 atom stereocenters. The maximum absolute atomic E-state index is 13.1. The van der Waals surface area contributed by atoms with Crippen LogP contribution in [0.1, 0.15) is 42.1 Å². The summed E-state index contributed by atoms with van der Waals surface area (Å²) >= 11 is 0. The molecule has 0 aliphatic heterocycles. The minimum absolute atomic E-state index is 0.0106. The molecule has 0 bridgehead atoms. The van der Waals surface area contributed by atoms with Gasteiger partial charge in [-0.25, -0.2) is 8.78 Å². The van der Waals surface area contributed by atoms with Crippen LogP contribution in [0.15, 0.2) is 34.7 Å². The Morgan fingerprint density at radius 1 is 1.04 bits per heavy atom. The Morgan fingerprint density at radius 3 is 2.44 bits per heavy atom. The number of nitrogens with one attached hydrogen (secondary N) is 2. The highest BCUT2D eigenvalue weighted by atomic mass is 19.2. The lowest BCUT2D eigenvalue weighted by Crippen LogP contribution is -2.41. The largest absolute Gasteiger partial charge is 0.454 e. The van der Waals surface area contributed by atoms with Crippen LogP contribution in [0.4, 0.5) is 8.78 Å². The average Bonchev–Trinajstić information content (AvgIpc) is 3.13. The molecule has 27 heavy (non-hydrogen) atoms. The fourth-order valence-corrected chi connectivity index (χ4v) is 2.46. The van der Waals surface area contributed by atoms with Crippen LogP contribution < -0.4 is 10.9 Å². The lowest BCUT2D eigenvalue weighted by Gasteiger charge is -2.15. The first-order valence-corrected chi connectivity index (χ1v) is 8.77. The van der Waals surface area contributed by atoms with Crippen LogP contribution in [0.5, 0.6) is 0 Å². The second kappa shape index (κ2) is 9.82. The summed E-state index contributed by atoms with van der Waals surface area (Å²) in [4.78, 5) is 26.0. The first-order valence-electron chi connectivity index (χ1n) is 8.77. The van der Waals surface area contributed by atoms with E-state index < -0.39 is 23.4 Å².